The molecule has 0 fully saturated rings. The molecule has 0 aliphatic carbocycles. The number of hydrogen-bond acceptors (Lipinski definition) is 3. The minimum absolute atomic E-state index is 0.120. The zero-order chi connectivity index (χ0) is 23.7. The zero-order valence-corrected chi connectivity index (χ0v) is 24.4. The van der Waals surface area contributed by atoms with E-state index in [0.717, 1.165) is 27.3 Å². The summed E-state index contributed by atoms with van der Waals surface area (Å²) in [7, 11) is -3.95. The van der Waals surface area contributed by atoms with Crippen molar-refractivity contribution in [2.75, 3.05) is 0 Å². The summed E-state index contributed by atoms with van der Waals surface area (Å²) in [5.41, 5.74) is 1.04. The number of benzene rings is 2. The van der Waals surface area contributed by atoms with Crippen molar-refractivity contribution in [1.29, 1.82) is 0 Å². The third-order valence-corrected chi connectivity index (χ3v) is 15.9. The van der Waals surface area contributed by atoms with Crippen LogP contribution in [-0.4, -0.2) is 16.6 Å². The number of rotatable bonds is 7. The molecule has 0 saturated heterocycles. The first kappa shape index (κ1) is 26.0. The quantitative estimate of drug-likeness (QED) is 0.340. The van der Waals surface area contributed by atoms with E-state index >= 15 is 0 Å². The molecule has 0 aliphatic heterocycles. The highest BCUT2D eigenvalue weighted by Gasteiger charge is 2.40. The van der Waals surface area contributed by atoms with Crippen molar-refractivity contribution in [3.05, 3.63) is 52.5 Å². The van der Waals surface area contributed by atoms with Gasteiger partial charge < -0.3 is 13.6 Å². The lowest BCUT2D eigenvalue weighted by Gasteiger charge is -2.38. The van der Waals surface area contributed by atoms with E-state index in [1.165, 1.54) is 0 Å². The van der Waals surface area contributed by atoms with Crippen molar-refractivity contribution in [2.24, 2.45) is 0 Å². The molecule has 3 nitrogen and oxygen atoms in total. The van der Waals surface area contributed by atoms with E-state index < -0.39 is 16.6 Å². The highest BCUT2D eigenvalue weighted by molar-refractivity contribution is 9.10. The average Bonchev–Trinajstić information content (AvgIpc) is 2.58. The fraction of sp³-hybridized carbons (Fsp3) is 0.520. The summed E-state index contributed by atoms with van der Waals surface area (Å²) < 4.78 is 20.3. The van der Waals surface area contributed by atoms with Gasteiger partial charge in [-0.1, -0.05) is 53.7 Å². The lowest BCUT2D eigenvalue weighted by atomic mass is 10.2. The molecule has 2 aromatic carbocycles. The maximum atomic E-state index is 6.63. The minimum Gasteiger partial charge on any atom is -0.543 e. The van der Waals surface area contributed by atoms with Crippen molar-refractivity contribution >= 4 is 32.6 Å². The molecule has 0 amide bonds. The van der Waals surface area contributed by atoms with Crippen molar-refractivity contribution in [3.63, 3.8) is 0 Å². The van der Waals surface area contributed by atoms with E-state index in [0.29, 0.717) is 6.61 Å². The standard InChI is InChI=1S/C25H39BrO3Si2/c1-24(2,3)30(7,8)28-20-15-19(18-27-23-14-12-11-13-22(23)26)16-21(17-20)29-31(9,10)25(4,5)6/h11-17H,18H2,1-10H3. The Morgan fingerprint density at radius 2 is 1.19 bits per heavy atom. The summed E-state index contributed by atoms with van der Waals surface area (Å²) in [6, 6.07) is 14.2. The van der Waals surface area contributed by atoms with Crippen molar-refractivity contribution < 1.29 is 13.6 Å². The van der Waals surface area contributed by atoms with Crippen LogP contribution in [0.1, 0.15) is 47.1 Å². The van der Waals surface area contributed by atoms with E-state index in [2.05, 4.69) is 102 Å². The molecule has 2 rings (SSSR count). The second-order valence-corrected chi connectivity index (χ2v) is 21.6. The predicted molar refractivity (Wildman–Crippen MR) is 141 cm³/mol. The van der Waals surface area contributed by atoms with Gasteiger partial charge in [0.15, 0.2) is 0 Å². The Kier molecular flexibility index (Phi) is 7.82. The van der Waals surface area contributed by atoms with Gasteiger partial charge in [0.05, 0.1) is 4.47 Å². The van der Waals surface area contributed by atoms with Crippen molar-refractivity contribution in [2.45, 2.75) is 84.4 Å². The summed E-state index contributed by atoms with van der Waals surface area (Å²) in [5.74, 6) is 2.56. The molecule has 0 radical (unpaired) electrons. The molecular weight excluding hydrogens is 484 g/mol. The van der Waals surface area contributed by atoms with Gasteiger partial charge >= 0.3 is 0 Å². The molecule has 0 aliphatic rings. The lowest BCUT2D eigenvalue weighted by molar-refractivity contribution is 0.303. The minimum atomic E-state index is -1.98. The Balaban J connectivity index is 2.38. The topological polar surface area (TPSA) is 27.7 Å². The number of halogens is 1. The predicted octanol–water partition coefficient (Wildman–Crippen LogP) is 8.80. The first-order chi connectivity index (χ1) is 14.0. The first-order valence-corrected chi connectivity index (χ1v) is 17.5. The monoisotopic (exact) mass is 522 g/mol. The smallest absolute Gasteiger partial charge is 0.250 e. The summed E-state index contributed by atoms with van der Waals surface area (Å²) in [5, 5.41) is 0.240. The van der Waals surface area contributed by atoms with Crippen LogP contribution in [0.5, 0.6) is 17.2 Å². The van der Waals surface area contributed by atoms with Crippen LogP contribution in [-0.2, 0) is 6.61 Å². The maximum absolute atomic E-state index is 6.63. The second-order valence-electron chi connectivity index (χ2n) is 11.3. The van der Waals surface area contributed by atoms with Crippen LogP contribution in [0.25, 0.3) is 0 Å². The molecule has 0 spiro atoms. The van der Waals surface area contributed by atoms with Gasteiger partial charge in [0.1, 0.15) is 23.9 Å². The van der Waals surface area contributed by atoms with Gasteiger partial charge in [-0.05, 0) is 82.0 Å². The molecule has 6 heteroatoms. The molecule has 0 N–H and O–H groups in total. The molecule has 0 atom stereocenters. The molecule has 0 aromatic heterocycles. The summed E-state index contributed by atoms with van der Waals surface area (Å²) in [4.78, 5) is 0. The van der Waals surface area contributed by atoms with Gasteiger partial charge in [0.25, 0.3) is 0 Å². The fourth-order valence-corrected chi connectivity index (χ4v) is 4.88. The van der Waals surface area contributed by atoms with E-state index in [1.807, 2.05) is 24.3 Å². The van der Waals surface area contributed by atoms with Crippen LogP contribution in [0.4, 0.5) is 0 Å². The Bertz CT molecular complexity index is 850. The van der Waals surface area contributed by atoms with Crippen molar-refractivity contribution in [3.8, 4) is 17.2 Å². The Labute approximate surface area is 199 Å². The zero-order valence-electron chi connectivity index (χ0n) is 20.9. The maximum Gasteiger partial charge on any atom is 0.250 e. The SMILES string of the molecule is CC(C)(C)[Si](C)(C)Oc1cc(COc2ccccc2Br)cc(O[Si](C)(C)C(C)(C)C)c1. The Morgan fingerprint density at radius 3 is 1.61 bits per heavy atom. The normalized spacial score (nSPS) is 13.1. The van der Waals surface area contributed by atoms with Gasteiger partial charge in [-0.15, -0.1) is 0 Å². The van der Waals surface area contributed by atoms with Gasteiger partial charge in [0.2, 0.25) is 16.6 Å². The molecule has 172 valence electrons. The fourth-order valence-electron chi connectivity index (χ4n) is 2.45. The number of para-hydroxylation sites is 1. The highest BCUT2D eigenvalue weighted by Crippen LogP contribution is 2.41. The summed E-state index contributed by atoms with van der Waals surface area (Å²) in [6.45, 7) is 23.1. The van der Waals surface area contributed by atoms with Gasteiger partial charge in [-0.2, -0.15) is 0 Å². The van der Waals surface area contributed by atoms with Gasteiger partial charge in [-0.25, -0.2) is 0 Å². The van der Waals surface area contributed by atoms with Gasteiger partial charge in [-0.3, -0.25) is 0 Å². The molecule has 0 unspecified atom stereocenters. The van der Waals surface area contributed by atoms with Crippen LogP contribution < -0.4 is 13.6 Å². The molecule has 2 aromatic rings. The third kappa shape index (κ3) is 6.86. The number of ether oxygens (including phenoxy) is 1. The average molecular weight is 524 g/mol. The van der Waals surface area contributed by atoms with Crippen LogP contribution >= 0.6 is 15.9 Å². The molecule has 0 heterocycles. The lowest BCUT2D eigenvalue weighted by Crippen LogP contribution is -2.44. The largest absolute Gasteiger partial charge is 0.543 e. The molecule has 0 bridgehead atoms. The van der Waals surface area contributed by atoms with Crippen LogP contribution in [0.15, 0.2) is 46.9 Å². The Hall–Kier alpha value is -1.25. The number of hydrogen-bond donors (Lipinski definition) is 0. The van der Waals surface area contributed by atoms with E-state index in [1.54, 1.807) is 0 Å². The van der Waals surface area contributed by atoms with E-state index in [9.17, 15) is 0 Å². The third-order valence-electron chi connectivity index (χ3n) is 6.53. The van der Waals surface area contributed by atoms with Crippen LogP contribution in [0.3, 0.4) is 0 Å². The van der Waals surface area contributed by atoms with E-state index in [4.69, 9.17) is 13.6 Å². The Morgan fingerprint density at radius 1 is 0.742 bits per heavy atom. The van der Waals surface area contributed by atoms with Crippen LogP contribution in [0.2, 0.25) is 36.3 Å². The summed E-state index contributed by atoms with van der Waals surface area (Å²) in [6.07, 6.45) is 0. The van der Waals surface area contributed by atoms with Crippen LogP contribution in [0, 0.1) is 0 Å². The first-order valence-electron chi connectivity index (χ1n) is 10.9. The van der Waals surface area contributed by atoms with Gasteiger partial charge in [0, 0.05) is 6.07 Å². The molecular formula is C25H39BrO3Si2. The molecule has 31 heavy (non-hydrogen) atoms. The van der Waals surface area contributed by atoms with Crippen molar-refractivity contribution in [1.82, 2.24) is 0 Å². The van der Waals surface area contributed by atoms with E-state index in [-0.39, 0.29) is 10.1 Å². The summed E-state index contributed by atoms with van der Waals surface area (Å²) >= 11 is 3.56. The molecule has 0 saturated carbocycles. The highest BCUT2D eigenvalue weighted by atomic mass is 79.9. The second kappa shape index (κ2) is 9.32.